The van der Waals surface area contributed by atoms with Gasteiger partial charge in [-0.05, 0) is 0 Å². The summed E-state index contributed by atoms with van der Waals surface area (Å²) in [6.07, 6.45) is 0. The molecule has 0 nitrogen and oxygen atoms in total. The largest absolute Gasteiger partial charge is 0 e. The van der Waals surface area contributed by atoms with E-state index in [-0.39, 0.29) is 75.7 Å². The van der Waals surface area contributed by atoms with Gasteiger partial charge in [0.15, 0.2) is 0 Å². The van der Waals surface area contributed by atoms with E-state index in [9.17, 15) is 0 Å². The average molecular weight is 186 g/mol. The fourth-order valence-corrected chi connectivity index (χ4v) is 0. The van der Waals surface area contributed by atoms with Gasteiger partial charge in [-0.15, -0.1) is 0 Å². The summed E-state index contributed by atoms with van der Waals surface area (Å²) in [6, 6.07) is 0. The molecule has 4 heteroatoms. The molecule has 0 N–H and O–H groups in total. The molecule has 4 heavy (non-hydrogen) atoms. The fraction of sp³-hybridized carbons (Fsp3) is 0. The Morgan fingerprint density at radius 2 is 1.00 bits per heavy atom. The van der Waals surface area contributed by atoms with Crippen molar-refractivity contribution in [1.29, 1.82) is 0 Å². The molecule has 0 aliphatic carbocycles. The van der Waals surface area contributed by atoms with Crippen molar-refractivity contribution in [3.8, 4) is 0 Å². The molecule has 0 saturated heterocycles. The second-order valence-corrected chi connectivity index (χ2v) is 0. The zero-order valence-corrected chi connectivity index (χ0v) is 6.98. The van der Waals surface area contributed by atoms with Crippen LogP contribution in [0.15, 0.2) is 0 Å². The molecule has 0 bridgehead atoms. The molecule has 0 aliphatic heterocycles. The van der Waals surface area contributed by atoms with E-state index in [1.165, 1.54) is 0 Å². The molecule has 0 saturated carbocycles. The molecule has 0 fully saturated rings. The van der Waals surface area contributed by atoms with E-state index in [2.05, 4.69) is 0 Å². The Labute approximate surface area is 74.8 Å². The summed E-state index contributed by atoms with van der Waals surface area (Å²) >= 11 is 0. The van der Waals surface area contributed by atoms with Crippen molar-refractivity contribution in [2.24, 2.45) is 0 Å². The third-order valence-electron chi connectivity index (χ3n) is 0. The van der Waals surface area contributed by atoms with E-state index in [0.717, 1.165) is 0 Å². The van der Waals surface area contributed by atoms with Gasteiger partial charge < -0.3 is 0 Å². The Hall–Kier alpha value is 2.39. The van der Waals surface area contributed by atoms with Gasteiger partial charge >= 0.3 is 0 Å². The molecule has 0 amide bonds. The number of rotatable bonds is 0. The smallest absolute Gasteiger partial charge is 0 e. The summed E-state index contributed by atoms with van der Waals surface area (Å²) in [5.41, 5.74) is 0. The predicted molar refractivity (Wildman–Crippen MR) is 5.75 cm³/mol. The van der Waals surface area contributed by atoms with Gasteiger partial charge in [0, 0.05) is 75.7 Å². The molecule has 0 rings (SSSR count). The van der Waals surface area contributed by atoms with Crippen LogP contribution >= 0.6 is 0 Å². The van der Waals surface area contributed by atoms with Crippen molar-refractivity contribution in [2.75, 3.05) is 0 Å². The minimum Gasteiger partial charge on any atom is 0 e. The van der Waals surface area contributed by atoms with Crippen molar-refractivity contribution in [1.82, 2.24) is 0 Å². The normalized spacial score (nSPS) is 0. The van der Waals surface area contributed by atoms with Crippen molar-refractivity contribution in [3.63, 3.8) is 0 Å². The van der Waals surface area contributed by atoms with Gasteiger partial charge in [-0.25, -0.2) is 0 Å². The summed E-state index contributed by atoms with van der Waals surface area (Å²) in [7, 11) is 0. The van der Waals surface area contributed by atoms with E-state index >= 15 is 0 Å². The summed E-state index contributed by atoms with van der Waals surface area (Å²) in [4.78, 5) is 0. The van der Waals surface area contributed by atoms with E-state index in [4.69, 9.17) is 0 Å². The molecule has 0 aromatic heterocycles. The van der Waals surface area contributed by atoms with Crippen LogP contribution in [0.5, 0.6) is 0 Å². The van der Waals surface area contributed by atoms with Gasteiger partial charge in [0.25, 0.3) is 0 Å². The monoisotopic (exact) mass is 186 g/mol. The first-order valence-corrected chi connectivity index (χ1v) is 0. The van der Waals surface area contributed by atoms with Gasteiger partial charge in [0.05, 0.1) is 0 Å². The van der Waals surface area contributed by atoms with Crippen molar-refractivity contribution in [2.45, 2.75) is 0 Å². The summed E-state index contributed by atoms with van der Waals surface area (Å²) in [5.74, 6) is 0. The van der Waals surface area contributed by atoms with Crippen LogP contribution in [0.1, 0.15) is 0 Å². The molecular weight excluding hydrogens is 186 g/mol. The first-order valence-electron chi connectivity index (χ1n) is 0. The minimum absolute atomic E-state index is 0. The van der Waals surface area contributed by atoms with Crippen molar-refractivity contribution < 1.29 is 52.7 Å². The molecule has 0 unspecified atom stereocenters. The summed E-state index contributed by atoms with van der Waals surface area (Å²) < 4.78 is 0. The van der Waals surface area contributed by atoms with Gasteiger partial charge in [-0.2, -0.15) is 0 Å². The second-order valence-electron chi connectivity index (χ2n) is 0. The first kappa shape index (κ1) is 32.5. The van der Waals surface area contributed by atoms with E-state index in [1.54, 1.807) is 0 Å². The number of hydrogen-bond acceptors (Lipinski definition) is 0. The molecule has 0 heterocycles. The van der Waals surface area contributed by atoms with Crippen LogP contribution < -0.4 is 0 Å². The first-order chi connectivity index (χ1) is 0. The van der Waals surface area contributed by atoms with Crippen LogP contribution in [0.25, 0.3) is 0 Å². The topological polar surface area (TPSA) is 0 Å². The maximum Gasteiger partial charge on any atom is 0 e. The fourth-order valence-electron chi connectivity index (χ4n) is 0. The minimum atomic E-state index is 0. The van der Waals surface area contributed by atoms with Crippen molar-refractivity contribution >= 4 is 23.1 Å². The van der Waals surface area contributed by atoms with E-state index in [1.807, 2.05) is 0 Å². The molecule has 22 valence electrons. The van der Waals surface area contributed by atoms with Gasteiger partial charge in [0.2, 0.25) is 0 Å². The van der Waals surface area contributed by atoms with Crippen LogP contribution in [-0.2, 0) is 52.7 Å². The molecular formula is FeMgMnV. The molecule has 0 aromatic rings. The van der Waals surface area contributed by atoms with Gasteiger partial charge in [0.1, 0.15) is 0 Å². The Balaban J connectivity index is 0. The molecule has 4 radical (unpaired) electrons. The SMILES string of the molecule is [Fe].[Mg].[Mn].[V]. The Bertz CT molecular complexity index is 8.00. The van der Waals surface area contributed by atoms with Crippen LogP contribution in [0.4, 0.5) is 0 Å². The molecule has 0 spiro atoms. The second kappa shape index (κ2) is 18.2. The van der Waals surface area contributed by atoms with E-state index < -0.39 is 0 Å². The molecule has 0 aliphatic rings. The van der Waals surface area contributed by atoms with E-state index in [0.29, 0.717) is 0 Å². The maximum absolute atomic E-state index is 0. The third kappa shape index (κ3) is 8.83. The standard InChI is InChI=1S/Fe.Mg.Mn.V. The Morgan fingerprint density at radius 3 is 1.00 bits per heavy atom. The predicted octanol–water partition coefficient (Wildman–Crippen LogP) is -0.388. The van der Waals surface area contributed by atoms with Crippen LogP contribution in [0.3, 0.4) is 0 Å². The maximum atomic E-state index is 0. The molecule has 0 atom stereocenters. The zero-order valence-electron chi connectivity index (χ0n) is 1.89. The van der Waals surface area contributed by atoms with Crippen LogP contribution in [-0.4, -0.2) is 23.1 Å². The van der Waals surface area contributed by atoms with Crippen LogP contribution in [0.2, 0.25) is 0 Å². The van der Waals surface area contributed by atoms with Gasteiger partial charge in [-0.1, -0.05) is 0 Å². The summed E-state index contributed by atoms with van der Waals surface area (Å²) in [6.45, 7) is 0. The van der Waals surface area contributed by atoms with Gasteiger partial charge in [-0.3, -0.25) is 0 Å². The average Bonchev–Trinajstić information content (AvgIpc) is 0. The van der Waals surface area contributed by atoms with Crippen LogP contribution in [0, 0.1) is 0 Å². The zero-order chi connectivity index (χ0) is 0. The molecule has 0 aromatic carbocycles. The Kier molecular flexibility index (Phi) is 148. The Morgan fingerprint density at radius 1 is 1.00 bits per heavy atom. The third-order valence-corrected chi connectivity index (χ3v) is 0. The quantitative estimate of drug-likeness (QED) is 0.452. The summed E-state index contributed by atoms with van der Waals surface area (Å²) in [5, 5.41) is 0. The van der Waals surface area contributed by atoms with Crippen molar-refractivity contribution in [3.05, 3.63) is 0 Å². The number of hydrogen-bond donors (Lipinski definition) is 0.